The van der Waals surface area contributed by atoms with E-state index in [0.717, 1.165) is 17.8 Å². The molecule has 2 rings (SSSR count). The zero-order valence-corrected chi connectivity index (χ0v) is 11.8. The highest BCUT2D eigenvalue weighted by molar-refractivity contribution is 5.54. The van der Waals surface area contributed by atoms with Gasteiger partial charge in [-0.05, 0) is 11.6 Å². The molecule has 0 aliphatic carbocycles. The standard InChI is InChI=1S/C15H17N5O/c1-21-9-8-18-13-5-3-2-4-12(13)11-20-15-14(10-16)17-6-7-19-15/h2-7,18H,8-9,11H2,1H3,(H,19,20). The average molecular weight is 283 g/mol. The number of rotatable bonds is 7. The first-order valence-corrected chi connectivity index (χ1v) is 6.61. The lowest BCUT2D eigenvalue weighted by molar-refractivity contribution is 0.211. The lowest BCUT2D eigenvalue weighted by atomic mass is 10.1. The molecule has 21 heavy (non-hydrogen) atoms. The second kappa shape index (κ2) is 7.82. The molecule has 1 aromatic carbocycles. The van der Waals surface area contributed by atoms with Gasteiger partial charge in [0, 0.05) is 38.3 Å². The molecule has 0 atom stereocenters. The lowest BCUT2D eigenvalue weighted by Gasteiger charge is -2.13. The average Bonchev–Trinajstić information content (AvgIpc) is 2.54. The van der Waals surface area contributed by atoms with Gasteiger partial charge in [-0.2, -0.15) is 5.26 Å². The number of nitrogens with zero attached hydrogens (tertiary/aromatic N) is 3. The molecule has 1 aromatic heterocycles. The Bertz CT molecular complexity index is 623. The fourth-order valence-corrected chi connectivity index (χ4v) is 1.86. The first-order chi connectivity index (χ1) is 10.3. The van der Waals surface area contributed by atoms with E-state index in [1.165, 1.54) is 6.20 Å². The Labute approximate surface area is 123 Å². The quantitative estimate of drug-likeness (QED) is 0.756. The van der Waals surface area contributed by atoms with Crippen LogP contribution in [0.25, 0.3) is 0 Å². The largest absolute Gasteiger partial charge is 0.383 e. The van der Waals surface area contributed by atoms with E-state index < -0.39 is 0 Å². The van der Waals surface area contributed by atoms with Gasteiger partial charge in [0.15, 0.2) is 11.5 Å². The number of nitrogens with one attached hydrogen (secondary N) is 2. The van der Waals surface area contributed by atoms with Gasteiger partial charge >= 0.3 is 0 Å². The predicted molar refractivity (Wildman–Crippen MR) is 80.9 cm³/mol. The van der Waals surface area contributed by atoms with Crippen molar-refractivity contribution in [2.75, 3.05) is 30.9 Å². The number of ether oxygens (including phenoxy) is 1. The molecular formula is C15H17N5O. The van der Waals surface area contributed by atoms with Gasteiger partial charge in [-0.3, -0.25) is 0 Å². The number of methoxy groups -OCH3 is 1. The van der Waals surface area contributed by atoms with Crippen LogP contribution in [-0.2, 0) is 11.3 Å². The molecule has 0 radical (unpaired) electrons. The topological polar surface area (TPSA) is 82.9 Å². The van der Waals surface area contributed by atoms with Gasteiger partial charge in [-0.25, -0.2) is 9.97 Å². The number of para-hydroxylation sites is 1. The summed E-state index contributed by atoms with van der Waals surface area (Å²) in [7, 11) is 1.67. The number of hydrogen-bond acceptors (Lipinski definition) is 6. The van der Waals surface area contributed by atoms with Crippen molar-refractivity contribution in [3.63, 3.8) is 0 Å². The number of benzene rings is 1. The van der Waals surface area contributed by atoms with E-state index in [-0.39, 0.29) is 0 Å². The molecule has 0 unspecified atom stereocenters. The van der Waals surface area contributed by atoms with E-state index >= 15 is 0 Å². The highest BCUT2D eigenvalue weighted by Crippen LogP contribution is 2.17. The monoisotopic (exact) mass is 283 g/mol. The Balaban J connectivity index is 2.04. The van der Waals surface area contributed by atoms with E-state index in [1.807, 2.05) is 30.3 Å². The third-order valence-electron chi connectivity index (χ3n) is 2.89. The van der Waals surface area contributed by atoms with Crippen LogP contribution >= 0.6 is 0 Å². The fourth-order valence-electron chi connectivity index (χ4n) is 1.86. The van der Waals surface area contributed by atoms with Crippen molar-refractivity contribution in [3.8, 4) is 6.07 Å². The van der Waals surface area contributed by atoms with Crippen molar-refractivity contribution in [2.45, 2.75) is 6.54 Å². The van der Waals surface area contributed by atoms with E-state index in [1.54, 1.807) is 13.3 Å². The molecule has 2 N–H and O–H groups in total. The molecule has 0 aliphatic rings. The third-order valence-corrected chi connectivity index (χ3v) is 2.89. The Morgan fingerprint density at radius 1 is 1.19 bits per heavy atom. The van der Waals surface area contributed by atoms with Crippen molar-refractivity contribution in [2.24, 2.45) is 0 Å². The van der Waals surface area contributed by atoms with Crippen LogP contribution in [-0.4, -0.2) is 30.2 Å². The first kappa shape index (κ1) is 14.8. The van der Waals surface area contributed by atoms with Crippen molar-refractivity contribution in [1.82, 2.24) is 9.97 Å². The van der Waals surface area contributed by atoms with E-state index in [2.05, 4.69) is 20.6 Å². The summed E-state index contributed by atoms with van der Waals surface area (Å²) in [5.74, 6) is 0.492. The van der Waals surface area contributed by atoms with Crippen LogP contribution in [0, 0.1) is 11.3 Å². The third kappa shape index (κ3) is 4.16. The Hall–Kier alpha value is -2.65. The number of anilines is 2. The SMILES string of the molecule is COCCNc1ccccc1CNc1nccnc1C#N. The van der Waals surface area contributed by atoms with Crippen LogP contribution < -0.4 is 10.6 Å². The van der Waals surface area contributed by atoms with Crippen molar-refractivity contribution < 1.29 is 4.74 Å². The molecule has 0 bridgehead atoms. The zero-order chi connectivity index (χ0) is 14.9. The number of nitriles is 1. The number of hydrogen-bond donors (Lipinski definition) is 2. The van der Waals surface area contributed by atoms with Crippen LogP contribution in [0.2, 0.25) is 0 Å². The maximum Gasteiger partial charge on any atom is 0.182 e. The second-order valence-electron chi connectivity index (χ2n) is 4.30. The maximum absolute atomic E-state index is 8.99. The van der Waals surface area contributed by atoms with Crippen LogP contribution in [0.3, 0.4) is 0 Å². The van der Waals surface area contributed by atoms with Gasteiger partial charge < -0.3 is 15.4 Å². The van der Waals surface area contributed by atoms with Crippen LogP contribution in [0.5, 0.6) is 0 Å². The van der Waals surface area contributed by atoms with Crippen molar-refractivity contribution >= 4 is 11.5 Å². The maximum atomic E-state index is 8.99. The summed E-state index contributed by atoms with van der Waals surface area (Å²) in [5, 5.41) is 15.5. The Kier molecular flexibility index (Phi) is 5.50. The smallest absolute Gasteiger partial charge is 0.182 e. The molecule has 2 aromatic rings. The molecule has 0 saturated carbocycles. The molecule has 0 saturated heterocycles. The summed E-state index contributed by atoms with van der Waals surface area (Å²) < 4.78 is 5.03. The molecule has 0 aliphatic heterocycles. The molecule has 0 fully saturated rings. The molecule has 6 nitrogen and oxygen atoms in total. The van der Waals surface area contributed by atoms with Gasteiger partial charge in [-0.1, -0.05) is 18.2 Å². The van der Waals surface area contributed by atoms with Gasteiger partial charge in [0.25, 0.3) is 0 Å². The first-order valence-electron chi connectivity index (χ1n) is 6.61. The fraction of sp³-hybridized carbons (Fsp3) is 0.267. The summed E-state index contributed by atoms with van der Waals surface area (Å²) in [6.07, 6.45) is 3.07. The van der Waals surface area contributed by atoms with Crippen LogP contribution in [0.4, 0.5) is 11.5 Å². The summed E-state index contributed by atoms with van der Waals surface area (Å²) >= 11 is 0. The van der Waals surface area contributed by atoms with Gasteiger partial charge in [0.2, 0.25) is 0 Å². The zero-order valence-electron chi connectivity index (χ0n) is 11.8. The normalized spacial score (nSPS) is 9.90. The van der Waals surface area contributed by atoms with Gasteiger partial charge in [-0.15, -0.1) is 0 Å². The molecule has 0 spiro atoms. The summed E-state index contributed by atoms with van der Waals surface area (Å²) in [6, 6.07) is 9.99. The van der Waals surface area contributed by atoms with Crippen LogP contribution in [0.1, 0.15) is 11.3 Å². The molecule has 108 valence electrons. The minimum Gasteiger partial charge on any atom is -0.383 e. The molecule has 0 amide bonds. The predicted octanol–water partition coefficient (Wildman–Crippen LogP) is 2.02. The minimum absolute atomic E-state index is 0.294. The van der Waals surface area contributed by atoms with E-state index in [4.69, 9.17) is 10.00 Å². The van der Waals surface area contributed by atoms with Crippen molar-refractivity contribution in [3.05, 3.63) is 47.9 Å². The number of aromatic nitrogens is 2. The van der Waals surface area contributed by atoms with Crippen LogP contribution in [0.15, 0.2) is 36.7 Å². The highest BCUT2D eigenvalue weighted by atomic mass is 16.5. The summed E-state index contributed by atoms with van der Waals surface area (Å²) in [4.78, 5) is 8.11. The Morgan fingerprint density at radius 3 is 2.81 bits per heavy atom. The summed E-state index contributed by atoms with van der Waals surface area (Å²) in [6.45, 7) is 1.94. The summed E-state index contributed by atoms with van der Waals surface area (Å²) in [5.41, 5.74) is 2.41. The van der Waals surface area contributed by atoms with Crippen molar-refractivity contribution in [1.29, 1.82) is 5.26 Å². The highest BCUT2D eigenvalue weighted by Gasteiger charge is 2.05. The van der Waals surface area contributed by atoms with E-state index in [0.29, 0.717) is 24.7 Å². The second-order valence-corrected chi connectivity index (χ2v) is 4.30. The van der Waals surface area contributed by atoms with E-state index in [9.17, 15) is 0 Å². The molecule has 1 heterocycles. The molecular weight excluding hydrogens is 266 g/mol. The van der Waals surface area contributed by atoms with Gasteiger partial charge in [0.1, 0.15) is 6.07 Å². The van der Waals surface area contributed by atoms with Gasteiger partial charge in [0.05, 0.1) is 6.61 Å². The Morgan fingerprint density at radius 2 is 2.00 bits per heavy atom. The minimum atomic E-state index is 0.294. The lowest BCUT2D eigenvalue weighted by Crippen LogP contribution is -2.11. The molecule has 6 heteroatoms.